The van der Waals surface area contributed by atoms with E-state index in [1.165, 1.54) is 0 Å². The van der Waals surface area contributed by atoms with E-state index in [-0.39, 0.29) is 5.91 Å². The second-order valence-corrected chi connectivity index (χ2v) is 4.08. The van der Waals surface area contributed by atoms with Gasteiger partial charge in [0.1, 0.15) is 5.69 Å². The number of aromatic amines is 1. The van der Waals surface area contributed by atoms with Gasteiger partial charge in [-0.05, 0) is 18.2 Å². The molecular formula is C14H12N2O2. The number of fused-ring (bicyclic) bond motifs is 1. The topological polar surface area (TPSA) is 58.0 Å². The molecule has 90 valence electrons. The third-order valence-electron chi connectivity index (χ3n) is 2.81. The number of aromatic nitrogens is 1. The van der Waals surface area contributed by atoms with Gasteiger partial charge in [-0.25, -0.2) is 0 Å². The fourth-order valence-corrected chi connectivity index (χ4v) is 1.87. The Morgan fingerprint density at radius 3 is 2.94 bits per heavy atom. The lowest BCUT2D eigenvalue weighted by atomic mass is 10.2. The molecule has 1 aromatic carbocycles. The lowest BCUT2D eigenvalue weighted by Gasteiger charge is -2.00. The van der Waals surface area contributed by atoms with Crippen molar-refractivity contribution >= 4 is 16.8 Å². The Hall–Kier alpha value is -2.49. The molecule has 0 bridgehead atoms. The minimum absolute atomic E-state index is 0.118. The van der Waals surface area contributed by atoms with Crippen LogP contribution in [0.2, 0.25) is 0 Å². The summed E-state index contributed by atoms with van der Waals surface area (Å²) >= 11 is 0. The van der Waals surface area contributed by atoms with Crippen molar-refractivity contribution in [2.24, 2.45) is 0 Å². The van der Waals surface area contributed by atoms with Crippen molar-refractivity contribution in [1.82, 2.24) is 10.3 Å². The Labute approximate surface area is 104 Å². The molecule has 0 saturated heterocycles. The first kappa shape index (κ1) is 10.7. The van der Waals surface area contributed by atoms with E-state index < -0.39 is 0 Å². The van der Waals surface area contributed by atoms with Gasteiger partial charge in [0.25, 0.3) is 5.91 Å². The van der Waals surface area contributed by atoms with E-state index >= 15 is 0 Å². The Morgan fingerprint density at radius 1 is 1.28 bits per heavy atom. The molecule has 0 unspecified atom stereocenters. The average molecular weight is 240 g/mol. The zero-order valence-electron chi connectivity index (χ0n) is 9.64. The van der Waals surface area contributed by atoms with Crippen LogP contribution in [0.1, 0.15) is 16.1 Å². The van der Waals surface area contributed by atoms with Gasteiger partial charge in [-0.1, -0.05) is 18.2 Å². The third kappa shape index (κ3) is 2.00. The van der Waals surface area contributed by atoms with Crippen LogP contribution in [-0.4, -0.2) is 10.9 Å². The van der Waals surface area contributed by atoms with Crippen LogP contribution in [0.5, 0.6) is 0 Å². The van der Waals surface area contributed by atoms with Gasteiger partial charge in [0.2, 0.25) is 0 Å². The second kappa shape index (κ2) is 4.41. The van der Waals surface area contributed by atoms with Crippen LogP contribution < -0.4 is 5.32 Å². The van der Waals surface area contributed by atoms with E-state index in [1.807, 2.05) is 36.4 Å². The summed E-state index contributed by atoms with van der Waals surface area (Å²) in [4.78, 5) is 15.0. The molecule has 0 saturated carbocycles. The van der Waals surface area contributed by atoms with Crippen molar-refractivity contribution in [2.75, 3.05) is 0 Å². The first-order chi connectivity index (χ1) is 8.83. The SMILES string of the molecule is O=C(NCc1ccoc1)c1cc2ccccc2[nH]1. The lowest BCUT2D eigenvalue weighted by molar-refractivity contribution is 0.0946. The zero-order chi connectivity index (χ0) is 12.4. The highest BCUT2D eigenvalue weighted by molar-refractivity contribution is 5.97. The highest BCUT2D eigenvalue weighted by Crippen LogP contribution is 2.14. The summed E-state index contributed by atoms with van der Waals surface area (Å²) < 4.78 is 4.94. The maximum absolute atomic E-state index is 11.9. The van der Waals surface area contributed by atoms with Gasteiger partial charge in [-0.2, -0.15) is 0 Å². The lowest BCUT2D eigenvalue weighted by Crippen LogP contribution is -2.22. The highest BCUT2D eigenvalue weighted by atomic mass is 16.3. The molecule has 2 aromatic heterocycles. The average Bonchev–Trinajstić information content (AvgIpc) is 3.04. The zero-order valence-corrected chi connectivity index (χ0v) is 9.64. The van der Waals surface area contributed by atoms with Crippen LogP contribution in [0.15, 0.2) is 53.3 Å². The molecule has 0 aliphatic rings. The quantitative estimate of drug-likeness (QED) is 0.739. The van der Waals surface area contributed by atoms with Crippen molar-refractivity contribution in [1.29, 1.82) is 0 Å². The molecule has 3 aromatic rings. The van der Waals surface area contributed by atoms with E-state index in [9.17, 15) is 4.79 Å². The predicted molar refractivity (Wildman–Crippen MR) is 68.2 cm³/mol. The normalized spacial score (nSPS) is 10.7. The number of rotatable bonds is 3. The first-order valence-corrected chi connectivity index (χ1v) is 5.70. The summed E-state index contributed by atoms with van der Waals surface area (Å²) in [5.41, 5.74) is 2.48. The minimum atomic E-state index is -0.118. The standard InChI is InChI=1S/C14H12N2O2/c17-14(15-8-10-5-6-18-9-10)13-7-11-3-1-2-4-12(11)16-13/h1-7,9,16H,8H2,(H,15,17). The number of carbonyl (C=O) groups is 1. The van der Waals surface area contributed by atoms with Gasteiger partial charge >= 0.3 is 0 Å². The molecule has 18 heavy (non-hydrogen) atoms. The molecule has 3 rings (SSSR count). The minimum Gasteiger partial charge on any atom is -0.472 e. The summed E-state index contributed by atoms with van der Waals surface area (Å²) in [5.74, 6) is -0.118. The van der Waals surface area contributed by atoms with Crippen molar-refractivity contribution in [3.63, 3.8) is 0 Å². The largest absolute Gasteiger partial charge is 0.472 e. The number of para-hydroxylation sites is 1. The van der Waals surface area contributed by atoms with Crippen LogP contribution in [0.3, 0.4) is 0 Å². The molecular weight excluding hydrogens is 228 g/mol. The number of amides is 1. The van der Waals surface area contributed by atoms with E-state index in [0.29, 0.717) is 12.2 Å². The van der Waals surface area contributed by atoms with Gasteiger partial charge in [0.05, 0.1) is 12.5 Å². The number of hydrogen-bond acceptors (Lipinski definition) is 2. The Kier molecular flexibility index (Phi) is 2.61. The smallest absolute Gasteiger partial charge is 0.267 e. The summed E-state index contributed by atoms with van der Waals surface area (Å²) in [6.07, 6.45) is 3.20. The molecule has 2 heterocycles. The highest BCUT2D eigenvalue weighted by Gasteiger charge is 2.08. The van der Waals surface area contributed by atoms with E-state index in [0.717, 1.165) is 16.5 Å². The van der Waals surface area contributed by atoms with Gasteiger partial charge in [0, 0.05) is 23.0 Å². The number of H-pyrrole nitrogens is 1. The maximum atomic E-state index is 11.9. The molecule has 2 N–H and O–H groups in total. The molecule has 0 spiro atoms. The summed E-state index contributed by atoms with van der Waals surface area (Å²) in [6.45, 7) is 0.463. The van der Waals surface area contributed by atoms with Crippen LogP contribution in [-0.2, 0) is 6.54 Å². The van der Waals surface area contributed by atoms with Crippen molar-refractivity contribution in [3.8, 4) is 0 Å². The number of nitrogens with one attached hydrogen (secondary N) is 2. The fourth-order valence-electron chi connectivity index (χ4n) is 1.87. The van der Waals surface area contributed by atoms with Crippen molar-refractivity contribution in [2.45, 2.75) is 6.54 Å². The molecule has 0 aliphatic carbocycles. The monoisotopic (exact) mass is 240 g/mol. The van der Waals surface area contributed by atoms with Crippen molar-refractivity contribution in [3.05, 3.63) is 60.2 Å². The van der Waals surface area contributed by atoms with Gasteiger partial charge in [-0.3, -0.25) is 4.79 Å². The van der Waals surface area contributed by atoms with E-state index in [4.69, 9.17) is 4.42 Å². The third-order valence-corrected chi connectivity index (χ3v) is 2.81. The molecule has 4 heteroatoms. The van der Waals surface area contributed by atoms with Crippen LogP contribution >= 0.6 is 0 Å². The van der Waals surface area contributed by atoms with E-state index in [1.54, 1.807) is 12.5 Å². The summed E-state index contributed by atoms with van der Waals surface area (Å²) in [6, 6.07) is 11.5. The molecule has 1 amide bonds. The number of benzene rings is 1. The summed E-state index contributed by atoms with van der Waals surface area (Å²) in [7, 11) is 0. The van der Waals surface area contributed by atoms with Crippen LogP contribution in [0.25, 0.3) is 10.9 Å². The first-order valence-electron chi connectivity index (χ1n) is 5.70. The van der Waals surface area contributed by atoms with Gasteiger partial charge in [-0.15, -0.1) is 0 Å². The fraction of sp³-hybridized carbons (Fsp3) is 0.0714. The van der Waals surface area contributed by atoms with Crippen molar-refractivity contribution < 1.29 is 9.21 Å². The van der Waals surface area contributed by atoms with Crippen LogP contribution in [0.4, 0.5) is 0 Å². The van der Waals surface area contributed by atoms with E-state index in [2.05, 4.69) is 10.3 Å². The predicted octanol–water partition coefficient (Wildman–Crippen LogP) is 2.69. The number of carbonyl (C=O) groups excluding carboxylic acids is 1. The molecule has 4 nitrogen and oxygen atoms in total. The molecule has 0 fully saturated rings. The Balaban J connectivity index is 1.75. The molecule has 0 atom stereocenters. The number of hydrogen-bond donors (Lipinski definition) is 2. The maximum Gasteiger partial charge on any atom is 0.267 e. The Bertz CT molecular complexity index is 635. The molecule has 0 aliphatic heterocycles. The van der Waals surface area contributed by atoms with Gasteiger partial charge in [0.15, 0.2) is 0 Å². The number of furan rings is 1. The Morgan fingerprint density at radius 2 is 2.17 bits per heavy atom. The molecule has 0 radical (unpaired) electrons. The summed E-state index contributed by atoms with van der Waals surface area (Å²) in [5, 5.41) is 3.87. The second-order valence-electron chi connectivity index (χ2n) is 4.08. The van der Waals surface area contributed by atoms with Crippen LogP contribution in [0, 0.1) is 0 Å². The van der Waals surface area contributed by atoms with Gasteiger partial charge < -0.3 is 14.7 Å².